The Bertz CT molecular complexity index is 114. The molecule has 0 heterocycles. The highest BCUT2D eigenvalue weighted by Gasteiger charge is 1.86. The summed E-state index contributed by atoms with van der Waals surface area (Å²) in [4.78, 5) is 19.3. The molecule has 0 fully saturated rings. The van der Waals surface area contributed by atoms with E-state index >= 15 is 0 Å². The molecule has 0 radical (unpaired) electrons. The lowest BCUT2D eigenvalue weighted by Crippen LogP contribution is -1.91. The van der Waals surface area contributed by atoms with Crippen molar-refractivity contribution < 1.29 is 19.4 Å². The van der Waals surface area contributed by atoms with Crippen LogP contribution >= 0.6 is 0 Å². The lowest BCUT2D eigenvalue weighted by atomic mass is 10.3. The van der Waals surface area contributed by atoms with Gasteiger partial charge < -0.3 is 9.84 Å². The average molecular weight is 162 g/mol. The molecule has 0 rings (SSSR count). The Morgan fingerprint density at radius 1 is 1.27 bits per heavy atom. The second-order valence-corrected chi connectivity index (χ2v) is 1.72. The number of hydrogen-bond acceptors (Lipinski definition) is 3. The van der Waals surface area contributed by atoms with Gasteiger partial charge in [0.05, 0.1) is 7.11 Å². The van der Waals surface area contributed by atoms with Gasteiger partial charge >= 0.3 is 6.16 Å². The van der Waals surface area contributed by atoms with Crippen molar-refractivity contribution in [2.45, 2.75) is 26.7 Å². The molecule has 4 heteroatoms. The fourth-order valence-electron chi connectivity index (χ4n) is 0.250. The number of methoxy groups -OCH3 is 1. The number of carbonyl (C=O) groups is 2. The first-order valence-corrected chi connectivity index (χ1v) is 3.37. The summed E-state index contributed by atoms with van der Waals surface area (Å²) in [6, 6.07) is 0. The molecule has 0 saturated carbocycles. The number of Topliss-reactive ketones (excluding diaryl/α,β-unsaturated/α-hetero) is 1. The fraction of sp³-hybridized carbons (Fsp3) is 0.714. The molecule has 0 bridgehead atoms. The zero-order valence-corrected chi connectivity index (χ0v) is 7.09. The first-order valence-electron chi connectivity index (χ1n) is 3.37. The summed E-state index contributed by atoms with van der Waals surface area (Å²) in [7, 11) is 1.10. The lowest BCUT2D eigenvalue weighted by Gasteiger charge is -1.81. The van der Waals surface area contributed by atoms with Crippen molar-refractivity contribution >= 4 is 11.9 Å². The van der Waals surface area contributed by atoms with E-state index in [4.69, 9.17) is 9.90 Å². The maximum absolute atomic E-state index is 10.2. The molecule has 0 aromatic rings. The molecule has 0 saturated heterocycles. The summed E-state index contributed by atoms with van der Waals surface area (Å²) in [5, 5.41) is 7.50. The van der Waals surface area contributed by atoms with Crippen LogP contribution in [0.2, 0.25) is 0 Å². The molecule has 0 atom stereocenters. The molecule has 0 unspecified atom stereocenters. The van der Waals surface area contributed by atoms with Gasteiger partial charge in [-0.15, -0.1) is 0 Å². The van der Waals surface area contributed by atoms with Crippen molar-refractivity contribution in [2.24, 2.45) is 0 Å². The van der Waals surface area contributed by atoms with Crippen LogP contribution in [-0.4, -0.2) is 24.2 Å². The molecule has 0 aromatic heterocycles. The van der Waals surface area contributed by atoms with Crippen LogP contribution in [0.15, 0.2) is 0 Å². The molecule has 0 aliphatic rings. The minimum atomic E-state index is -1.25. The van der Waals surface area contributed by atoms with Crippen LogP contribution in [0.1, 0.15) is 26.7 Å². The van der Waals surface area contributed by atoms with E-state index in [9.17, 15) is 4.79 Å². The molecular weight excluding hydrogens is 148 g/mol. The zero-order chi connectivity index (χ0) is 9.28. The van der Waals surface area contributed by atoms with Crippen molar-refractivity contribution in [3.8, 4) is 0 Å². The Hall–Kier alpha value is -1.06. The third-order valence-corrected chi connectivity index (χ3v) is 0.963. The largest absolute Gasteiger partial charge is 0.505 e. The number of rotatable bonds is 2. The Kier molecular flexibility index (Phi) is 10.2. The SMILES string of the molecule is CCC(=O)CC.COC(=O)O. The first kappa shape index (κ1) is 12.6. The van der Waals surface area contributed by atoms with E-state index in [0.29, 0.717) is 18.6 Å². The highest BCUT2D eigenvalue weighted by molar-refractivity contribution is 5.77. The van der Waals surface area contributed by atoms with E-state index in [2.05, 4.69) is 4.74 Å². The Balaban J connectivity index is 0. The van der Waals surface area contributed by atoms with Crippen molar-refractivity contribution in [3.63, 3.8) is 0 Å². The molecule has 0 aromatic carbocycles. The van der Waals surface area contributed by atoms with Gasteiger partial charge in [0.1, 0.15) is 5.78 Å². The van der Waals surface area contributed by atoms with E-state index in [-0.39, 0.29) is 0 Å². The molecular formula is C7H14O4. The van der Waals surface area contributed by atoms with E-state index < -0.39 is 6.16 Å². The molecule has 0 amide bonds. The van der Waals surface area contributed by atoms with Gasteiger partial charge in [-0.25, -0.2) is 4.79 Å². The Morgan fingerprint density at radius 3 is 1.55 bits per heavy atom. The second-order valence-electron chi connectivity index (χ2n) is 1.72. The van der Waals surface area contributed by atoms with Gasteiger partial charge in [-0.1, -0.05) is 13.8 Å². The van der Waals surface area contributed by atoms with Crippen LogP contribution in [0.5, 0.6) is 0 Å². The summed E-state index contributed by atoms with van der Waals surface area (Å²) >= 11 is 0. The highest BCUT2D eigenvalue weighted by Crippen LogP contribution is 1.83. The molecule has 0 aliphatic carbocycles. The van der Waals surface area contributed by atoms with E-state index in [1.807, 2.05) is 13.8 Å². The Morgan fingerprint density at radius 2 is 1.55 bits per heavy atom. The standard InChI is InChI=1S/C5H10O.C2H4O3/c1-3-5(6)4-2;1-5-2(3)4/h3-4H2,1-2H3;1H3,(H,3,4). The number of ether oxygens (including phenoxy) is 1. The smallest absolute Gasteiger partial charge is 0.450 e. The number of ketones is 1. The van der Waals surface area contributed by atoms with Crippen molar-refractivity contribution in [2.75, 3.05) is 7.11 Å². The topological polar surface area (TPSA) is 63.6 Å². The average Bonchev–Trinajstić information content (AvgIpc) is 2.04. The van der Waals surface area contributed by atoms with E-state index in [1.165, 1.54) is 0 Å². The van der Waals surface area contributed by atoms with Crippen molar-refractivity contribution in [1.29, 1.82) is 0 Å². The monoisotopic (exact) mass is 162 g/mol. The van der Waals surface area contributed by atoms with Gasteiger partial charge in [-0.3, -0.25) is 4.79 Å². The third kappa shape index (κ3) is 17.6. The van der Waals surface area contributed by atoms with Crippen LogP contribution in [0.3, 0.4) is 0 Å². The number of carbonyl (C=O) groups excluding carboxylic acids is 1. The van der Waals surface area contributed by atoms with Gasteiger partial charge in [0.2, 0.25) is 0 Å². The molecule has 11 heavy (non-hydrogen) atoms. The van der Waals surface area contributed by atoms with E-state index in [1.54, 1.807) is 0 Å². The third-order valence-electron chi connectivity index (χ3n) is 0.963. The van der Waals surface area contributed by atoms with Gasteiger partial charge in [0.15, 0.2) is 0 Å². The molecule has 66 valence electrons. The molecule has 0 spiro atoms. The maximum Gasteiger partial charge on any atom is 0.505 e. The summed E-state index contributed by atoms with van der Waals surface area (Å²) < 4.78 is 3.67. The second kappa shape index (κ2) is 8.94. The highest BCUT2D eigenvalue weighted by atomic mass is 16.6. The predicted octanol–water partition coefficient (Wildman–Crippen LogP) is 1.69. The minimum absolute atomic E-state index is 0.343. The molecule has 0 aliphatic heterocycles. The zero-order valence-electron chi connectivity index (χ0n) is 7.09. The van der Waals surface area contributed by atoms with Crippen LogP contribution in [0, 0.1) is 0 Å². The normalized spacial score (nSPS) is 7.55. The maximum atomic E-state index is 10.2. The number of hydrogen-bond donors (Lipinski definition) is 1. The van der Waals surface area contributed by atoms with Crippen LogP contribution in [0.25, 0.3) is 0 Å². The van der Waals surface area contributed by atoms with Gasteiger partial charge in [0, 0.05) is 12.8 Å². The lowest BCUT2D eigenvalue weighted by molar-refractivity contribution is -0.118. The summed E-state index contributed by atoms with van der Waals surface area (Å²) in [5.74, 6) is 0.343. The molecule has 1 N–H and O–H groups in total. The van der Waals surface area contributed by atoms with Gasteiger partial charge in [-0.05, 0) is 0 Å². The molecule has 4 nitrogen and oxygen atoms in total. The first-order chi connectivity index (χ1) is 5.08. The van der Waals surface area contributed by atoms with Crippen LogP contribution < -0.4 is 0 Å². The number of carboxylic acid groups (broad SMARTS) is 1. The minimum Gasteiger partial charge on any atom is -0.450 e. The summed E-state index contributed by atoms with van der Waals surface area (Å²) in [6.07, 6.45) is 0.137. The van der Waals surface area contributed by atoms with E-state index in [0.717, 1.165) is 7.11 Å². The van der Waals surface area contributed by atoms with Crippen molar-refractivity contribution in [3.05, 3.63) is 0 Å². The quantitative estimate of drug-likeness (QED) is 0.627. The van der Waals surface area contributed by atoms with Crippen LogP contribution in [0.4, 0.5) is 4.79 Å². The van der Waals surface area contributed by atoms with Crippen LogP contribution in [-0.2, 0) is 9.53 Å². The van der Waals surface area contributed by atoms with Gasteiger partial charge in [0.25, 0.3) is 0 Å². The van der Waals surface area contributed by atoms with Crippen molar-refractivity contribution in [1.82, 2.24) is 0 Å². The summed E-state index contributed by atoms with van der Waals surface area (Å²) in [5.41, 5.74) is 0. The predicted molar refractivity (Wildman–Crippen MR) is 40.6 cm³/mol. The fourth-order valence-corrected chi connectivity index (χ4v) is 0.250. The summed E-state index contributed by atoms with van der Waals surface area (Å²) in [6.45, 7) is 3.76. The Labute approximate surface area is 66.2 Å². The van der Waals surface area contributed by atoms with Gasteiger partial charge in [-0.2, -0.15) is 0 Å².